The summed E-state index contributed by atoms with van der Waals surface area (Å²) in [5, 5.41) is 17.0. The van der Waals surface area contributed by atoms with E-state index in [9.17, 15) is 5.21 Å². The SMILES string of the molecule is On1nnc2c(N3CCCC3)cccc21. The molecule has 78 valence electrons. The average Bonchev–Trinajstić information content (AvgIpc) is 2.88. The molecule has 0 spiro atoms. The first-order valence-corrected chi connectivity index (χ1v) is 5.15. The second-order valence-corrected chi connectivity index (χ2v) is 3.82. The minimum atomic E-state index is 0.666. The van der Waals surface area contributed by atoms with Gasteiger partial charge in [0.15, 0.2) is 0 Å². The minimum Gasteiger partial charge on any atom is -0.410 e. The molecule has 0 unspecified atom stereocenters. The van der Waals surface area contributed by atoms with Crippen LogP contribution in [0, 0.1) is 0 Å². The molecule has 5 heteroatoms. The van der Waals surface area contributed by atoms with Gasteiger partial charge in [-0.2, -0.15) is 0 Å². The van der Waals surface area contributed by atoms with Crippen molar-refractivity contribution in [3.8, 4) is 0 Å². The maximum Gasteiger partial charge on any atom is 0.140 e. The maximum absolute atomic E-state index is 9.40. The van der Waals surface area contributed by atoms with Crippen LogP contribution in [0.25, 0.3) is 11.0 Å². The summed E-state index contributed by atoms with van der Waals surface area (Å²) in [4.78, 5) is 3.12. The Balaban J connectivity index is 2.17. The summed E-state index contributed by atoms with van der Waals surface area (Å²) in [6, 6.07) is 5.77. The van der Waals surface area contributed by atoms with Crippen LogP contribution in [0.15, 0.2) is 18.2 Å². The van der Waals surface area contributed by atoms with Crippen LogP contribution in [0.2, 0.25) is 0 Å². The predicted octanol–water partition coefficient (Wildman–Crippen LogP) is 1.27. The fraction of sp³-hybridized carbons (Fsp3) is 0.400. The van der Waals surface area contributed by atoms with Crippen molar-refractivity contribution in [2.45, 2.75) is 12.8 Å². The standard InChI is InChI=1S/C10H12N4O/c15-14-9-5-3-4-8(10(9)11-12-14)13-6-1-2-7-13/h3-5,15H,1-2,6-7H2. The number of hydrogen-bond acceptors (Lipinski definition) is 4. The number of aromatic nitrogens is 3. The van der Waals surface area contributed by atoms with E-state index in [0.717, 1.165) is 29.1 Å². The molecule has 1 saturated heterocycles. The Labute approximate surface area is 86.9 Å². The van der Waals surface area contributed by atoms with Crippen LogP contribution in [-0.4, -0.2) is 33.5 Å². The van der Waals surface area contributed by atoms with Crippen molar-refractivity contribution >= 4 is 16.7 Å². The highest BCUT2D eigenvalue weighted by atomic mass is 16.5. The Hall–Kier alpha value is -1.78. The lowest BCUT2D eigenvalue weighted by Gasteiger charge is -2.17. The molecule has 1 aromatic carbocycles. The van der Waals surface area contributed by atoms with Gasteiger partial charge in [0.1, 0.15) is 11.0 Å². The lowest BCUT2D eigenvalue weighted by Crippen LogP contribution is -2.17. The molecule has 2 heterocycles. The van der Waals surface area contributed by atoms with Crippen molar-refractivity contribution in [3.05, 3.63) is 18.2 Å². The van der Waals surface area contributed by atoms with Crippen LogP contribution in [0.3, 0.4) is 0 Å². The minimum absolute atomic E-state index is 0.666. The van der Waals surface area contributed by atoms with Gasteiger partial charge >= 0.3 is 0 Å². The number of benzene rings is 1. The van der Waals surface area contributed by atoms with Crippen molar-refractivity contribution in [3.63, 3.8) is 0 Å². The molecule has 1 aromatic heterocycles. The van der Waals surface area contributed by atoms with Crippen LogP contribution in [0.5, 0.6) is 0 Å². The molecule has 1 N–H and O–H groups in total. The molecule has 0 radical (unpaired) electrons. The van der Waals surface area contributed by atoms with E-state index in [2.05, 4.69) is 15.2 Å². The monoisotopic (exact) mass is 204 g/mol. The van der Waals surface area contributed by atoms with Gasteiger partial charge in [0.2, 0.25) is 0 Å². The van der Waals surface area contributed by atoms with Gasteiger partial charge in [0, 0.05) is 13.1 Å². The fourth-order valence-electron chi connectivity index (χ4n) is 2.13. The van der Waals surface area contributed by atoms with E-state index in [0.29, 0.717) is 5.52 Å². The first-order chi connectivity index (χ1) is 7.36. The van der Waals surface area contributed by atoms with Crippen LogP contribution in [0.1, 0.15) is 12.8 Å². The van der Waals surface area contributed by atoms with Gasteiger partial charge in [0.05, 0.1) is 5.69 Å². The van der Waals surface area contributed by atoms with E-state index < -0.39 is 0 Å². The average molecular weight is 204 g/mol. The molecule has 0 aliphatic carbocycles. The van der Waals surface area contributed by atoms with E-state index in [-0.39, 0.29) is 0 Å². The van der Waals surface area contributed by atoms with Gasteiger partial charge in [-0.3, -0.25) is 0 Å². The Morgan fingerprint density at radius 1 is 1.20 bits per heavy atom. The summed E-state index contributed by atoms with van der Waals surface area (Å²) in [5.74, 6) is 0. The highest BCUT2D eigenvalue weighted by molar-refractivity contribution is 5.88. The van der Waals surface area contributed by atoms with Crippen molar-refractivity contribution in [1.82, 2.24) is 15.2 Å². The van der Waals surface area contributed by atoms with Gasteiger partial charge in [0.25, 0.3) is 0 Å². The molecule has 1 aliphatic rings. The van der Waals surface area contributed by atoms with E-state index in [1.807, 2.05) is 18.2 Å². The van der Waals surface area contributed by atoms with Gasteiger partial charge in [-0.25, -0.2) is 0 Å². The number of fused-ring (bicyclic) bond motifs is 1. The Bertz CT molecular complexity index is 487. The second kappa shape index (κ2) is 3.12. The van der Waals surface area contributed by atoms with Gasteiger partial charge < -0.3 is 10.1 Å². The van der Waals surface area contributed by atoms with E-state index in [1.165, 1.54) is 12.8 Å². The summed E-state index contributed by atoms with van der Waals surface area (Å²) in [6.07, 6.45) is 2.45. The summed E-state index contributed by atoms with van der Waals surface area (Å²) in [6.45, 7) is 2.13. The summed E-state index contributed by atoms with van der Waals surface area (Å²) in [7, 11) is 0. The molecule has 5 nitrogen and oxygen atoms in total. The molecule has 0 atom stereocenters. The second-order valence-electron chi connectivity index (χ2n) is 3.82. The number of rotatable bonds is 1. The van der Waals surface area contributed by atoms with Crippen LogP contribution < -0.4 is 4.90 Å². The Kier molecular flexibility index (Phi) is 1.77. The Morgan fingerprint density at radius 3 is 2.80 bits per heavy atom. The molecule has 0 bridgehead atoms. The summed E-state index contributed by atoms with van der Waals surface area (Å²) in [5.41, 5.74) is 2.52. The normalized spacial score (nSPS) is 16.4. The zero-order valence-corrected chi connectivity index (χ0v) is 8.30. The predicted molar refractivity (Wildman–Crippen MR) is 56.2 cm³/mol. The largest absolute Gasteiger partial charge is 0.410 e. The lowest BCUT2D eigenvalue weighted by atomic mass is 10.2. The zero-order valence-electron chi connectivity index (χ0n) is 8.30. The first kappa shape index (κ1) is 8.52. The van der Waals surface area contributed by atoms with E-state index in [1.54, 1.807) is 0 Å². The van der Waals surface area contributed by atoms with Gasteiger partial charge in [-0.15, -0.1) is 5.10 Å². The van der Waals surface area contributed by atoms with Crippen LogP contribution in [0.4, 0.5) is 5.69 Å². The van der Waals surface area contributed by atoms with Gasteiger partial charge in [-0.1, -0.05) is 10.9 Å². The van der Waals surface area contributed by atoms with Gasteiger partial charge in [-0.05, 0) is 30.2 Å². The fourth-order valence-corrected chi connectivity index (χ4v) is 2.13. The smallest absolute Gasteiger partial charge is 0.140 e. The highest BCUT2D eigenvalue weighted by Crippen LogP contribution is 2.26. The number of anilines is 1. The van der Waals surface area contributed by atoms with E-state index in [4.69, 9.17) is 0 Å². The molecule has 3 rings (SSSR count). The zero-order chi connectivity index (χ0) is 10.3. The Morgan fingerprint density at radius 2 is 2.00 bits per heavy atom. The molecule has 1 fully saturated rings. The van der Waals surface area contributed by atoms with Crippen LogP contribution in [-0.2, 0) is 0 Å². The van der Waals surface area contributed by atoms with Crippen LogP contribution >= 0.6 is 0 Å². The third-order valence-corrected chi connectivity index (χ3v) is 2.89. The molecule has 0 amide bonds. The quantitative estimate of drug-likeness (QED) is 0.711. The molecule has 1 aliphatic heterocycles. The highest BCUT2D eigenvalue weighted by Gasteiger charge is 2.17. The first-order valence-electron chi connectivity index (χ1n) is 5.15. The maximum atomic E-state index is 9.40. The molecule has 2 aromatic rings. The van der Waals surface area contributed by atoms with Crippen molar-refractivity contribution < 1.29 is 5.21 Å². The number of hydrogen-bond donors (Lipinski definition) is 1. The molecule has 15 heavy (non-hydrogen) atoms. The van der Waals surface area contributed by atoms with E-state index >= 15 is 0 Å². The number of nitrogens with zero attached hydrogens (tertiary/aromatic N) is 4. The van der Waals surface area contributed by atoms with Crippen molar-refractivity contribution in [2.24, 2.45) is 0 Å². The summed E-state index contributed by atoms with van der Waals surface area (Å²) >= 11 is 0. The topological polar surface area (TPSA) is 54.2 Å². The third-order valence-electron chi connectivity index (χ3n) is 2.89. The molecular weight excluding hydrogens is 192 g/mol. The summed E-state index contributed by atoms with van der Waals surface area (Å²) < 4.78 is 0. The molecule has 0 saturated carbocycles. The molecular formula is C10H12N4O. The third kappa shape index (κ3) is 1.23. The van der Waals surface area contributed by atoms with Crippen molar-refractivity contribution in [2.75, 3.05) is 18.0 Å². The van der Waals surface area contributed by atoms with Crippen molar-refractivity contribution in [1.29, 1.82) is 0 Å². The lowest BCUT2D eigenvalue weighted by molar-refractivity contribution is 0.155.